The second kappa shape index (κ2) is 11.5. The Morgan fingerprint density at radius 2 is 1.41 bits per heavy atom. The van der Waals surface area contributed by atoms with Gasteiger partial charge in [0, 0.05) is 0 Å². The number of hydrogen-bond donors (Lipinski definition) is 0. The second-order valence-corrected chi connectivity index (χ2v) is 4.18. The van der Waals surface area contributed by atoms with Crippen LogP contribution in [0.3, 0.4) is 0 Å². The number of ether oxygens (including phenoxy) is 2. The number of esters is 1. The fourth-order valence-corrected chi connectivity index (χ4v) is 1.38. The lowest BCUT2D eigenvalue weighted by Crippen LogP contribution is -2.11. The Bertz CT molecular complexity index is 212. The van der Waals surface area contributed by atoms with E-state index in [2.05, 4.69) is 20.4 Å². The molecule has 0 N–H and O–H groups in total. The van der Waals surface area contributed by atoms with Crippen LogP contribution < -0.4 is 0 Å². The van der Waals surface area contributed by atoms with Crippen molar-refractivity contribution in [2.24, 2.45) is 0 Å². The van der Waals surface area contributed by atoms with E-state index in [0.717, 1.165) is 32.1 Å². The summed E-state index contributed by atoms with van der Waals surface area (Å²) in [7, 11) is 0. The summed E-state index contributed by atoms with van der Waals surface area (Å²) < 4.78 is 10.3. The van der Waals surface area contributed by atoms with Gasteiger partial charge in [-0.3, -0.25) is 0 Å². The van der Waals surface area contributed by atoms with Gasteiger partial charge in [-0.1, -0.05) is 46.0 Å². The van der Waals surface area contributed by atoms with Crippen LogP contribution in [0.1, 0.15) is 58.8 Å². The lowest BCUT2D eigenvalue weighted by Gasteiger charge is -2.08. The molecule has 100 valence electrons. The van der Waals surface area contributed by atoms with E-state index < -0.39 is 5.97 Å². The van der Waals surface area contributed by atoms with Crippen LogP contribution in [0, 0.1) is 0 Å². The molecule has 17 heavy (non-hydrogen) atoms. The van der Waals surface area contributed by atoms with Crippen molar-refractivity contribution in [3.8, 4) is 0 Å². The lowest BCUT2D eigenvalue weighted by atomic mass is 10.2. The molecule has 0 aliphatic rings. The van der Waals surface area contributed by atoms with Gasteiger partial charge in [0.15, 0.2) is 5.76 Å². The first-order valence-corrected chi connectivity index (χ1v) is 6.71. The Morgan fingerprint density at radius 1 is 0.882 bits per heavy atom. The molecule has 0 aliphatic heterocycles. The van der Waals surface area contributed by atoms with Gasteiger partial charge in [-0.15, -0.1) is 0 Å². The van der Waals surface area contributed by atoms with Crippen molar-refractivity contribution in [1.29, 1.82) is 0 Å². The zero-order chi connectivity index (χ0) is 12.9. The molecule has 0 saturated heterocycles. The van der Waals surface area contributed by atoms with Gasteiger partial charge >= 0.3 is 5.97 Å². The van der Waals surface area contributed by atoms with Crippen molar-refractivity contribution in [2.75, 3.05) is 13.2 Å². The van der Waals surface area contributed by atoms with E-state index in [-0.39, 0.29) is 5.76 Å². The summed E-state index contributed by atoms with van der Waals surface area (Å²) in [6, 6.07) is 0. The summed E-state index contributed by atoms with van der Waals surface area (Å²) >= 11 is 0. The van der Waals surface area contributed by atoms with Crippen LogP contribution in [0.2, 0.25) is 0 Å². The number of unbranched alkanes of at least 4 members (excludes halogenated alkanes) is 5. The SMILES string of the molecule is C=C(OCCCCCC)C(=O)OCCCCC. The van der Waals surface area contributed by atoms with E-state index >= 15 is 0 Å². The number of carbonyl (C=O) groups excluding carboxylic acids is 1. The van der Waals surface area contributed by atoms with E-state index in [1.54, 1.807) is 0 Å². The molecule has 0 atom stereocenters. The molecule has 0 amide bonds. The van der Waals surface area contributed by atoms with Crippen molar-refractivity contribution in [3.63, 3.8) is 0 Å². The minimum absolute atomic E-state index is 0.137. The molecular formula is C14H26O3. The first-order valence-electron chi connectivity index (χ1n) is 6.71. The minimum Gasteiger partial charge on any atom is -0.487 e. The number of rotatable bonds is 11. The summed E-state index contributed by atoms with van der Waals surface area (Å²) in [6.07, 6.45) is 7.61. The first kappa shape index (κ1) is 16.0. The number of carbonyl (C=O) groups is 1. The second-order valence-electron chi connectivity index (χ2n) is 4.18. The van der Waals surface area contributed by atoms with Gasteiger partial charge in [-0.25, -0.2) is 4.79 Å². The molecule has 0 aromatic rings. The highest BCUT2D eigenvalue weighted by molar-refractivity contribution is 5.85. The van der Waals surface area contributed by atoms with Gasteiger partial charge in [0.25, 0.3) is 0 Å². The Labute approximate surface area is 105 Å². The maximum absolute atomic E-state index is 11.4. The van der Waals surface area contributed by atoms with E-state index in [1.165, 1.54) is 12.8 Å². The molecular weight excluding hydrogens is 216 g/mol. The highest BCUT2D eigenvalue weighted by Gasteiger charge is 2.08. The molecule has 0 spiro atoms. The van der Waals surface area contributed by atoms with Crippen molar-refractivity contribution < 1.29 is 14.3 Å². The largest absolute Gasteiger partial charge is 0.487 e. The van der Waals surface area contributed by atoms with E-state index in [0.29, 0.717) is 13.2 Å². The molecule has 0 aromatic heterocycles. The zero-order valence-electron chi connectivity index (χ0n) is 11.3. The molecule has 0 rings (SSSR count). The molecule has 0 radical (unpaired) electrons. The molecule has 0 aromatic carbocycles. The van der Waals surface area contributed by atoms with Gasteiger partial charge in [0.2, 0.25) is 0 Å². The first-order chi connectivity index (χ1) is 8.22. The van der Waals surface area contributed by atoms with E-state index in [4.69, 9.17) is 9.47 Å². The summed E-state index contributed by atoms with van der Waals surface area (Å²) in [5.41, 5.74) is 0. The smallest absolute Gasteiger partial charge is 0.372 e. The molecule has 0 heterocycles. The fraction of sp³-hybridized carbons (Fsp3) is 0.786. The molecule has 0 unspecified atom stereocenters. The minimum atomic E-state index is -0.420. The summed E-state index contributed by atoms with van der Waals surface area (Å²) in [5, 5.41) is 0. The summed E-state index contributed by atoms with van der Waals surface area (Å²) in [5.74, 6) is -0.283. The van der Waals surface area contributed by atoms with Crippen molar-refractivity contribution in [1.82, 2.24) is 0 Å². The van der Waals surface area contributed by atoms with Crippen LogP contribution in [0.15, 0.2) is 12.3 Å². The molecule has 0 bridgehead atoms. The molecule has 0 fully saturated rings. The van der Waals surface area contributed by atoms with Crippen molar-refractivity contribution >= 4 is 5.97 Å². The molecule has 0 saturated carbocycles. The third-order valence-corrected chi connectivity index (χ3v) is 2.48. The maximum Gasteiger partial charge on any atom is 0.372 e. The Kier molecular flexibility index (Phi) is 10.8. The highest BCUT2D eigenvalue weighted by Crippen LogP contribution is 2.04. The third-order valence-electron chi connectivity index (χ3n) is 2.48. The molecule has 0 aliphatic carbocycles. The Hall–Kier alpha value is -0.990. The van der Waals surface area contributed by atoms with Crippen LogP contribution in [-0.2, 0) is 14.3 Å². The average Bonchev–Trinajstić information content (AvgIpc) is 2.34. The Morgan fingerprint density at radius 3 is 2.06 bits per heavy atom. The monoisotopic (exact) mass is 242 g/mol. The zero-order valence-corrected chi connectivity index (χ0v) is 11.3. The van der Waals surface area contributed by atoms with Gasteiger partial charge < -0.3 is 9.47 Å². The highest BCUT2D eigenvalue weighted by atomic mass is 16.6. The van der Waals surface area contributed by atoms with Crippen molar-refractivity contribution in [3.05, 3.63) is 12.3 Å². The van der Waals surface area contributed by atoms with Gasteiger partial charge in [-0.2, -0.15) is 0 Å². The van der Waals surface area contributed by atoms with Gasteiger partial charge in [-0.05, 0) is 19.4 Å². The van der Waals surface area contributed by atoms with E-state index in [1.807, 2.05) is 0 Å². The van der Waals surface area contributed by atoms with Crippen LogP contribution in [0.5, 0.6) is 0 Å². The quantitative estimate of drug-likeness (QED) is 0.239. The summed E-state index contributed by atoms with van der Waals surface area (Å²) in [6.45, 7) is 8.87. The predicted molar refractivity (Wildman–Crippen MR) is 69.7 cm³/mol. The lowest BCUT2D eigenvalue weighted by molar-refractivity contribution is -0.143. The molecule has 3 heteroatoms. The van der Waals surface area contributed by atoms with Crippen LogP contribution >= 0.6 is 0 Å². The number of hydrogen-bond acceptors (Lipinski definition) is 3. The van der Waals surface area contributed by atoms with Crippen LogP contribution in [-0.4, -0.2) is 19.2 Å². The topological polar surface area (TPSA) is 35.5 Å². The maximum atomic E-state index is 11.4. The van der Waals surface area contributed by atoms with Gasteiger partial charge in [0.05, 0.1) is 13.2 Å². The predicted octanol–water partition coefficient (Wildman–Crippen LogP) is 3.83. The Balaban J connectivity index is 3.44. The van der Waals surface area contributed by atoms with Crippen molar-refractivity contribution in [2.45, 2.75) is 58.8 Å². The normalized spacial score (nSPS) is 10.0. The standard InChI is InChI=1S/C14H26O3/c1-4-6-8-10-11-16-13(3)14(15)17-12-9-7-5-2/h3-12H2,1-2H3. The van der Waals surface area contributed by atoms with Crippen LogP contribution in [0.4, 0.5) is 0 Å². The van der Waals surface area contributed by atoms with E-state index in [9.17, 15) is 4.79 Å². The fourth-order valence-electron chi connectivity index (χ4n) is 1.38. The molecule has 3 nitrogen and oxygen atoms in total. The van der Waals surface area contributed by atoms with Gasteiger partial charge in [0.1, 0.15) is 0 Å². The van der Waals surface area contributed by atoms with Crippen LogP contribution in [0.25, 0.3) is 0 Å². The summed E-state index contributed by atoms with van der Waals surface area (Å²) in [4.78, 5) is 11.4. The third kappa shape index (κ3) is 9.91. The average molecular weight is 242 g/mol.